The summed E-state index contributed by atoms with van der Waals surface area (Å²) in [6.07, 6.45) is 6.32. The van der Waals surface area contributed by atoms with Gasteiger partial charge in [0.15, 0.2) is 0 Å². The highest BCUT2D eigenvalue weighted by atomic mass is 35.5. The van der Waals surface area contributed by atoms with Gasteiger partial charge in [0.05, 0.1) is 6.54 Å². The van der Waals surface area contributed by atoms with Gasteiger partial charge >= 0.3 is 0 Å². The van der Waals surface area contributed by atoms with Crippen LogP contribution in [0.15, 0.2) is 48.8 Å². The molecule has 170 valence electrons. The normalized spacial score (nSPS) is 19.3. The molecule has 2 aliphatic heterocycles. The number of hydrogen-bond donors (Lipinski definition) is 2. The summed E-state index contributed by atoms with van der Waals surface area (Å²) in [5.74, 6) is 0.0712. The molecule has 1 aromatic carbocycles. The SMILES string of the molecule is Cl.Cl.O=C(CN1CCNCC1c1cccnc1)NCc1ccc(CN2CCCC2)cc1. The van der Waals surface area contributed by atoms with Gasteiger partial charge in [0.25, 0.3) is 0 Å². The number of pyridine rings is 1. The Morgan fingerprint density at radius 1 is 1.06 bits per heavy atom. The molecule has 0 aliphatic carbocycles. The molecule has 3 heterocycles. The van der Waals surface area contributed by atoms with Crippen molar-refractivity contribution in [2.75, 3.05) is 39.3 Å². The van der Waals surface area contributed by atoms with Gasteiger partial charge in [-0.15, -0.1) is 24.8 Å². The highest BCUT2D eigenvalue weighted by molar-refractivity contribution is 5.85. The van der Waals surface area contributed by atoms with E-state index in [4.69, 9.17) is 0 Å². The summed E-state index contributed by atoms with van der Waals surface area (Å²) in [6, 6.07) is 12.9. The lowest BCUT2D eigenvalue weighted by Crippen LogP contribution is -2.49. The van der Waals surface area contributed by atoms with Crippen molar-refractivity contribution in [2.45, 2.75) is 32.0 Å². The average Bonchev–Trinajstić information content (AvgIpc) is 3.27. The van der Waals surface area contributed by atoms with Crippen LogP contribution in [-0.2, 0) is 17.9 Å². The zero-order valence-electron chi connectivity index (χ0n) is 17.8. The summed E-state index contributed by atoms with van der Waals surface area (Å²) in [4.78, 5) is 21.5. The van der Waals surface area contributed by atoms with Crippen molar-refractivity contribution >= 4 is 30.7 Å². The summed E-state index contributed by atoms with van der Waals surface area (Å²) < 4.78 is 0. The quantitative estimate of drug-likeness (QED) is 0.658. The molecule has 8 heteroatoms. The number of nitrogens with zero attached hydrogens (tertiary/aromatic N) is 3. The van der Waals surface area contributed by atoms with Gasteiger partial charge in [-0.3, -0.25) is 19.6 Å². The Morgan fingerprint density at radius 3 is 2.52 bits per heavy atom. The van der Waals surface area contributed by atoms with Crippen LogP contribution >= 0.6 is 24.8 Å². The highest BCUT2D eigenvalue weighted by Crippen LogP contribution is 2.20. The van der Waals surface area contributed by atoms with Gasteiger partial charge in [-0.1, -0.05) is 30.3 Å². The lowest BCUT2D eigenvalue weighted by molar-refractivity contribution is -0.123. The van der Waals surface area contributed by atoms with Crippen molar-refractivity contribution < 1.29 is 4.79 Å². The summed E-state index contributed by atoms with van der Waals surface area (Å²) in [5, 5.41) is 6.50. The maximum absolute atomic E-state index is 12.6. The first-order chi connectivity index (χ1) is 14.3. The molecule has 4 rings (SSSR count). The fourth-order valence-electron chi connectivity index (χ4n) is 4.24. The van der Waals surface area contributed by atoms with E-state index in [1.54, 1.807) is 6.20 Å². The van der Waals surface area contributed by atoms with Crippen molar-refractivity contribution in [3.63, 3.8) is 0 Å². The first kappa shape index (κ1) is 25.6. The maximum atomic E-state index is 12.6. The van der Waals surface area contributed by atoms with E-state index >= 15 is 0 Å². The molecule has 2 N–H and O–H groups in total. The fourth-order valence-corrected chi connectivity index (χ4v) is 4.24. The van der Waals surface area contributed by atoms with E-state index in [0.717, 1.165) is 37.3 Å². The number of hydrogen-bond acceptors (Lipinski definition) is 5. The molecule has 0 radical (unpaired) electrons. The first-order valence-electron chi connectivity index (χ1n) is 10.7. The number of nitrogens with one attached hydrogen (secondary N) is 2. The van der Waals surface area contributed by atoms with Gasteiger partial charge in [-0.25, -0.2) is 0 Å². The monoisotopic (exact) mass is 465 g/mol. The van der Waals surface area contributed by atoms with Crippen LogP contribution in [0.4, 0.5) is 0 Å². The number of amides is 1. The van der Waals surface area contributed by atoms with Crippen LogP contribution < -0.4 is 10.6 Å². The Hall–Kier alpha value is -1.70. The molecule has 2 saturated heterocycles. The zero-order chi connectivity index (χ0) is 19.9. The summed E-state index contributed by atoms with van der Waals surface area (Å²) >= 11 is 0. The largest absolute Gasteiger partial charge is 0.351 e. The minimum absolute atomic E-state index is 0. The van der Waals surface area contributed by atoms with Crippen LogP contribution in [-0.4, -0.2) is 60.0 Å². The fraction of sp³-hybridized carbons (Fsp3) is 0.478. The Morgan fingerprint density at radius 2 is 1.81 bits per heavy atom. The van der Waals surface area contributed by atoms with E-state index in [1.807, 2.05) is 12.3 Å². The average molecular weight is 466 g/mol. The molecule has 1 unspecified atom stereocenters. The van der Waals surface area contributed by atoms with Gasteiger partial charge < -0.3 is 10.6 Å². The Labute approximate surface area is 197 Å². The number of aromatic nitrogens is 1. The minimum Gasteiger partial charge on any atom is -0.351 e. The van der Waals surface area contributed by atoms with Crippen molar-refractivity contribution in [1.29, 1.82) is 0 Å². The Kier molecular flexibility index (Phi) is 10.7. The van der Waals surface area contributed by atoms with Crippen molar-refractivity contribution in [1.82, 2.24) is 25.4 Å². The van der Waals surface area contributed by atoms with E-state index in [2.05, 4.69) is 55.7 Å². The molecule has 0 spiro atoms. The molecule has 1 aromatic heterocycles. The first-order valence-corrected chi connectivity index (χ1v) is 10.7. The highest BCUT2D eigenvalue weighted by Gasteiger charge is 2.25. The lowest BCUT2D eigenvalue weighted by atomic mass is 10.1. The topological polar surface area (TPSA) is 60.5 Å². The third kappa shape index (κ3) is 7.44. The number of benzene rings is 1. The van der Waals surface area contributed by atoms with Gasteiger partial charge in [0, 0.05) is 51.2 Å². The molecular formula is C23H33Cl2N5O. The minimum atomic E-state index is 0. The van der Waals surface area contributed by atoms with Crippen molar-refractivity contribution in [3.8, 4) is 0 Å². The summed E-state index contributed by atoms with van der Waals surface area (Å²) in [7, 11) is 0. The van der Waals surface area contributed by atoms with E-state index in [-0.39, 0.29) is 36.8 Å². The molecule has 1 amide bonds. The van der Waals surface area contributed by atoms with Gasteiger partial charge in [0.2, 0.25) is 5.91 Å². The van der Waals surface area contributed by atoms with Crippen LogP contribution in [0.2, 0.25) is 0 Å². The molecule has 1 atom stereocenters. The van der Waals surface area contributed by atoms with E-state index in [9.17, 15) is 4.79 Å². The maximum Gasteiger partial charge on any atom is 0.234 e. The second-order valence-electron chi connectivity index (χ2n) is 8.05. The number of halogens is 2. The number of piperazine rings is 1. The number of likely N-dealkylation sites (tertiary alicyclic amines) is 1. The number of rotatable bonds is 7. The van der Waals surface area contributed by atoms with Crippen LogP contribution in [0.5, 0.6) is 0 Å². The Bertz CT molecular complexity index is 784. The van der Waals surface area contributed by atoms with E-state index < -0.39 is 0 Å². The molecule has 6 nitrogen and oxygen atoms in total. The van der Waals surface area contributed by atoms with Crippen LogP contribution in [0, 0.1) is 0 Å². The van der Waals surface area contributed by atoms with Crippen LogP contribution in [0.25, 0.3) is 0 Å². The summed E-state index contributed by atoms with van der Waals surface area (Å²) in [5.41, 5.74) is 3.65. The number of carbonyl (C=O) groups is 1. The molecule has 2 aliphatic rings. The van der Waals surface area contributed by atoms with Gasteiger partial charge in [0.1, 0.15) is 0 Å². The molecule has 0 bridgehead atoms. The molecular weight excluding hydrogens is 433 g/mol. The predicted molar refractivity (Wildman–Crippen MR) is 129 cm³/mol. The third-order valence-electron chi connectivity index (χ3n) is 5.89. The van der Waals surface area contributed by atoms with Gasteiger partial charge in [-0.2, -0.15) is 0 Å². The smallest absolute Gasteiger partial charge is 0.234 e. The number of carbonyl (C=O) groups excluding carboxylic acids is 1. The van der Waals surface area contributed by atoms with Crippen molar-refractivity contribution in [3.05, 3.63) is 65.5 Å². The second kappa shape index (κ2) is 13.0. The van der Waals surface area contributed by atoms with Crippen LogP contribution in [0.1, 0.15) is 35.6 Å². The third-order valence-corrected chi connectivity index (χ3v) is 5.89. The van der Waals surface area contributed by atoms with Gasteiger partial charge in [-0.05, 0) is 48.7 Å². The van der Waals surface area contributed by atoms with E-state index in [0.29, 0.717) is 13.1 Å². The van der Waals surface area contributed by atoms with Crippen molar-refractivity contribution in [2.24, 2.45) is 0 Å². The lowest BCUT2D eigenvalue weighted by Gasteiger charge is -2.35. The molecule has 2 aromatic rings. The van der Waals surface area contributed by atoms with Crippen LogP contribution in [0.3, 0.4) is 0 Å². The molecule has 2 fully saturated rings. The zero-order valence-corrected chi connectivity index (χ0v) is 19.5. The Balaban J connectivity index is 0.00000171. The molecule has 31 heavy (non-hydrogen) atoms. The standard InChI is InChI=1S/C23H31N5O.2ClH/c29-23(18-28-13-10-25-16-22(28)21-4-3-9-24-15-21)26-14-19-5-7-20(8-6-19)17-27-11-1-2-12-27;;/h3-9,15,22,25H,1-2,10-14,16-18H2,(H,26,29);2*1H. The van der Waals surface area contributed by atoms with E-state index in [1.165, 1.54) is 31.5 Å². The summed E-state index contributed by atoms with van der Waals surface area (Å²) in [6.45, 7) is 7.05. The predicted octanol–water partition coefficient (Wildman–Crippen LogP) is 2.78. The second-order valence-corrected chi connectivity index (χ2v) is 8.05. The molecule has 0 saturated carbocycles.